The first kappa shape index (κ1) is 12.3. The van der Waals surface area contributed by atoms with E-state index in [4.69, 9.17) is 16.7 Å². The molecule has 0 fully saturated rings. The Morgan fingerprint density at radius 2 is 2.11 bits per heavy atom. The van der Waals surface area contributed by atoms with Crippen molar-refractivity contribution in [2.75, 3.05) is 0 Å². The zero-order valence-electron chi connectivity index (χ0n) is 10.3. The van der Waals surface area contributed by atoms with Gasteiger partial charge in [-0.15, -0.1) is 0 Å². The van der Waals surface area contributed by atoms with Crippen LogP contribution in [0.5, 0.6) is 0 Å². The second-order valence-electron chi connectivity index (χ2n) is 4.99. The van der Waals surface area contributed by atoms with Crippen LogP contribution in [-0.4, -0.2) is 16.1 Å². The molecule has 0 spiro atoms. The molecule has 3 nitrogen and oxygen atoms in total. The molecule has 19 heavy (non-hydrogen) atoms. The molecular formula is C15H14ClNO2. The van der Waals surface area contributed by atoms with Gasteiger partial charge in [0.2, 0.25) is 0 Å². The third kappa shape index (κ3) is 2.38. The van der Waals surface area contributed by atoms with Gasteiger partial charge in [-0.3, -0.25) is 0 Å². The molecule has 0 saturated carbocycles. The number of H-pyrrole nitrogens is 1. The third-order valence-electron chi connectivity index (χ3n) is 3.74. The zero-order chi connectivity index (χ0) is 13.4. The Morgan fingerprint density at radius 3 is 2.79 bits per heavy atom. The van der Waals surface area contributed by atoms with Gasteiger partial charge >= 0.3 is 5.97 Å². The molecule has 0 unspecified atom stereocenters. The van der Waals surface area contributed by atoms with E-state index < -0.39 is 5.97 Å². The molecule has 2 aromatic rings. The van der Waals surface area contributed by atoms with Gasteiger partial charge in [-0.2, -0.15) is 0 Å². The van der Waals surface area contributed by atoms with Gasteiger partial charge in [-0.25, -0.2) is 4.79 Å². The molecular weight excluding hydrogens is 262 g/mol. The van der Waals surface area contributed by atoms with Crippen molar-refractivity contribution in [1.29, 1.82) is 0 Å². The number of hydrogen-bond acceptors (Lipinski definition) is 1. The summed E-state index contributed by atoms with van der Waals surface area (Å²) in [4.78, 5) is 14.0. The molecule has 4 heteroatoms. The van der Waals surface area contributed by atoms with Crippen LogP contribution in [0.3, 0.4) is 0 Å². The summed E-state index contributed by atoms with van der Waals surface area (Å²) in [5.74, 6) is -0.486. The van der Waals surface area contributed by atoms with Crippen molar-refractivity contribution >= 4 is 17.6 Å². The van der Waals surface area contributed by atoms with E-state index in [2.05, 4.69) is 4.98 Å². The minimum Gasteiger partial charge on any atom is -0.477 e. The van der Waals surface area contributed by atoms with E-state index in [-0.39, 0.29) is 0 Å². The number of fused-ring (bicyclic) bond motifs is 1. The van der Waals surface area contributed by atoms with Gasteiger partial charge in [-0.1, -0.05) is 23.7 Å². The molecule has 0 amide bonds. The lowest BCUT2D eigenvalue weighted by molar-refractivity contribution is 0.0691. The molecule has 0 bridgehead atoms. The minimum absolute atomic E-state index is 0.297. The van der Waals surface area contributed by atoms with Crippen LogP contribution in [0.4, 0.5) is 0 Å². The lowest BCUT2D eigenvalue weighted by atomic mass is 9.95. The predicted octanol–water partition coefficient (Wildman–Crippen LogP) is 3.64. The Morgan fingerprint density at radius 1 is 1.37 bits per heavy atom. The van der Waals surface area contributed by atoms with Crippen LogP contribution in [0.2, 0.25) is 5.02 Å². The standard InChI is InChI=1S/C15H14ClNO2/c16-11-4-1-9(2-5-11)7-10-3-6-13-12(10)8-14(17-13)15(18)19/h1-2,4-5,8,10,17H,3,6-7H2,(H,18,19)/t10-/m1/s1. The van der Waals surface area contributed by atoms with Gasteiger partial charge in [0.25, 0.3) is 0 Å². The molecule has 1 heterocycles. The molecule has 2 N–H and O–H groups in total. The van der Waals surface area contributed by atoms with Crippen LogP contribution >= 0.6 is 11.6 Å². The Balaban J connectivity index is 1.82. The topological polar surface area (TPSA) is 53.1 Å². The number of hydrogen-bond donors (Lipinski definition) is 2. The summed E-state index contributed by atoms with van der Waals surface area (Å²) < 4.78 is 0. The number of aromatic amines is 1. The number of rotatable bonds is 3. The van der Waals surface area contributed by atoms with Gasteiger partial charge in [0.15, 0.2) is 0 Å². The summed E-state index contributed by atoms with van der Waals surface area (Å²) in [5.41, 5.74) is 3.77. The molecule has 1 aliphatic carbocycles. The number of halogens is 1. The normalized spacial score (nSPS) is 17.4. The number of nitrogens with one attached hydrogen (secondary N) is 1. The first-order chi connectivity index (χ1) is 9.13. The fourth-order valence-electron chi connectivity index (χ4n) is 2.79. The smallest absolute Gasteiger partial charge is 0.352 e. The minimum atomic E-state index is -0.889. The van der Waals surface area contributed by atoms with Gasteiger partial charge in [0, 0.05) is 10.7 Å². The number of benzene rings is 1. The van der Waals surface area contributed by atoms with Crippen molar-refractivity contribution in [3.63, 3.8) is 0 Å². The first-order valence-corrected chi connectivity index (χ1v) is 6.71. The maximum Gasteiger partial charge on any atom is 0.352 e. The Hall–Kier alpha value is -1.74. The van der Waals surface area contributed by atoms with E-state index in [1.165, 1.54) is 5.56 Å². The lowest BCUT2D eigenvalue weighted by Crippen LogP contribution is -1.99. The van der Waals surface area contributed by atoms with Crippen molar-refractivity contribution in [3.8, 4) is 0 Å². The monoisotopic (exact) mass is 275 g/mol. The van der Waals surface area contributed by atoms with E-state index in [0.29, 0.717) is 11.6 Å². The summed E-state index contributed by atoms with van der Waals surface area (Å²) in [7, 11) is 0. The zero-order valence-corrected chi connectivity index (χ0v) is 11.1. The largest absolute Gasteiger partial charge is 0.477 e. The fourth-order valence-corrected chi connectivity index (χ4v) is 2.92. The molecule has 1 atom stereocenters. The summed E-state index contributed by atoms with van der Waals surface area (Å²) in [5, 5.41) is 9.74. The molecule has 1 aromatic heterocycles. The second-order valence-corrected chi connectivity index (χ2v) is 5.42. The van der Waals surface area contributed by atoms with Crippen LogP contribution in [0.1, 0.15) is 39.6 Å². The third-order valence-corrected chi connectivity index (χ3v) is 3.99. The summed E-state index contributed by atoms with van der Waals surface area (Å²) in [6, 6.07) is 9.64. The van der Waals surface area contributed by atoms with Crippen LogP contribution in [0.15, 0.2) is 30.3 Å². The van der Waals surface area contributed by atoms with Crippen LogP contribution in [0.25, 0.3) is 0 Å². The van der Waals surface area contributed by atoms with E-state index in [1.807, 2.05) is 24.3 Å². The van der Waals surface area contributed by atoms with Gasteiger partial charge in [-0.05, 0) is 54.5 Å². The number of aryl methyl sites for hydroxylation is 1. The van der Waals surface area contributed by atoms with E-state index in [9.17, 15) is 4.79 Å². The van der Waals surface area contributed by atoms with Gasteiger partial charge < -0.3 is 10.1 Å². The van der Waals surface area contributed by atoms with E-state index in [0.717, 1.165) is 35.5 Å². The molecule has 98 valence electrons. The highest BCUT2D eigenvalue weighted by Gasteiger charge is 2.26. The highest BCUT2D eigenvalue weighted by molar-refractivity contribution is 6.30. The number of aromatic nitrogens is 1. The Kier molecular flexibility index (Phi) is 3.07. The molecule has 0 aliphatic heterocycles. The summed E-state index contributed by atoms with van der Waals surface area (Å²) >= 11 is 5.88. The second kappa shape index (κ2) is 4.74. The number of carbonyl (C=O) groups is 1. The number of aromatic carboxylic acids is 1. The Labute approximate surface area is 116 Å². The van der Waals surface area contributed by atoms with E-state index in [1.54, 1.807) is 6.07 Å². The predicted molar refractivity (Wildman–Crippen MR) is 74.0 cm³/mol. The quantitative estimate of drug-likeness (QED) is 0.898. The van der Waals surface area contributed by atoms with Crippen LogP contribution < -0.4 is 0 Å². The SMILES string of the molecule is O=C(O)c1cc2c([nH]1)CC[C@@H]2Cc1ccc(Cl)cc1. The van der Waals surface area contributed by atoms with E-state index >= 15 is 0 Å². The molecule has 0 saturated heterocycles. The van der Waals surface area contributed by atoms with Crippen molar-refractivity contribution in [3.05, 3.63) is 57.9 Å². The highest BCUT2D eigenvalue weighted by atomic mass is 35.5. The average Bonchev–Trinajstić information content (AvgIpc) is 2.94. The van der Waals surface area contributed by atoms with Crippen molar-refractivity contribution in [1.82, 2.24) is 4.98 Å². The van der Waals surface area contributed by atoms with Crippen molar-refractivity contribution < 1.29 is 9.90 Å². The molecule has 1 aliphatic rings. The number of carboxylic acids is 1. The van der Waals surface area contributed by atoms with Crippen molar-refractivity contribution in [2.45, 2.75) is 25.2 Å². The van der Waals surface area contributed by atoms with Gasteiger partial charge in [0.1, 0.15) is 5.69 Å². The molecule has 0 radical (unpaired) electrons. The number of carboxylic acid groups (broad SMARTS) is 1. The average molecular weight is 276 g/mol. The Bertz CT molecular complexity index is 616. The lowest BCUT2D eigenvalue weighted by Gasteiger charge is -2.10. The summed E-state index contributed by atoms with van der Waals surface area (Å²) in [6.45, 7) is 0. The maximum absolute atomic E-state index is 11.0. The molecule has 1 aromatic carbocycles. The fraction of sp³-hybridized carbons (Fsp3) is 0.267. The molecule has 3 rings (SSSR count). The van der Waals surface area contributed by atoms with Gasteiger partial charge in [0.05, 0.1) is 0 Å². The first-order valence-electron chi connectivity index (χ1n) is 6.33. The van der Waals surface area contributed by atoms with Crippen LogP contribution in [-0.2, 0) is 12.8 Å². The highest BCUT2D eigenvalue weighted by Crippen LogP contribution is 2.36. The summed E-state index contributed by atoms with van der Waals surface area (Å²) in [6.07, 6.45) is 2.94. The van der Waals surface area contributed by atoms with Crippen LogP contribution in [0, 0.1) is 0 Å². The van der Waals surface area contributed by atoms with Crippen molar-refractivity contribution in [2.24, 2.45) is 0 Å². The maximum atomic E-state index is 11.0.